The van der Waals surface area contributed by atoms with Crippen LogP contribution in [0.25, 0.3) is 0 Å². The van der Waals surface area contributed by atoms with Crippen molar-refractivity contribution in [3.63, 3.8) is 0 Å². The van der Waals surface area contributed by atoms with Gasteiger partial charge in [-0.15, -0.1) is 0 Å². The molecule has 2 heterocycles. The predicted molar refractivity (Wildman–Crippen MR) is 96.2 cm³/mol. The van der Waals surface area contributed by atoms with E-state index in [4.69, 9.17) is 4.74 Å². The van der Waals surface area contributed by atoms with E-state index in [2.05, 4.69) is 22.7 Å². The third-order valence-corrected chi connectivity index (χ3v) is 4.91. The van der Waals surface area contributed by atoms with Gasteiger partial charge < -0.3 is 15.4 Å². The van der Waals surface area contributed by atoms with Gasteiger partial charge in [0.15, 0.2) is 5.54 Å². The van der Waals surface area contributed by atoms with E-state index in [1.54, 1.807) is 33.2 Å². The second kappa shape index (κ2) is 8.47. The zero-order chi connectivity index (χ0) is 18.4. The monoisotopic (exact) mass is 350 g/mol. The molecule has 1 aromatic heterocycles. The summed E-state index contributed by atoms with van der Waals surface area (Å²) in [6, 6.07) is 0. The molecule has 1 saturated heterocycles. The number of nitrogens with one attached hydrogen (secondary N) is 2. The minimum absolute atomic E-state index is 0.0143. The van der Waals surface area contributed by atoms with Crippen LogP contribution in [0.5, 0.6) is 0 Å². The van der Waals surface area contributed by atoms with Gasteiger partial charge in [0.2, 0.25) is 5.91 Å². The normalized spacial score (nSPS) is 17.1. The minimum atomic E-state index is -0.915. The number of carbonyl (C=O) groups is 2. The summed E-state index contributed by atoms with van der Waals surface area (Å²) in [5, 5.41) is 10.4. The van der Waals surface area contributed by atoms with Gasteiger partial charge in [0.05, 0.1) is 18.5 Å². The Kier molecular flexibility index (Phi) is 6.58. The molecule has 0 saturated carbocycles. The number of anilines is 1. The highest BCUT2D eigenvalue weighted by Gasteiger charge is 2.32. The van der Waals surface area contributed by atoms with Crippen LogP contribution in [-0.2, 0) is 19.9 Å². The Morgan fingerprint density at radius 1 is 1.44 bits per heavy atom. The molecule has 0 spiro atoms. The first-order valence-corrected chi connectivity index (χ1v) is 9.07. The molecule has 7 heteroatoms. The van der Waals surface area contributed by atoms with Gasteiger partial charge in [0, 0.05) is 12.6 Å². The molecule has 1 aliphatic heterocycles. The Morgan fingerprint density at radius 3 is 2.76 bits per heavy atom. The lowest BCUT2D eigenvalue weighted by molar-refractivity contribution is -0.152. The molecule has 0 aliphatic carbocycles. The lowest BCUT2D eigenvalue weighted by Crippen LogP contribution is -2.37. The summed E-state index contributed by atoms with van der Waals surface area (Å²) in [6.45, 7) is 9.78. The van der Waals surface area contributed by atoms with Crippen molar-refractivity contribution in [3.05, 3.63) is 12.4 Å². The topological polar surface area (TPSA) is 85.2 Å². The molecule has 2 N–H and O–H groups in total. The van der Waals surface area contributed by atoms with Gasteiger partial charge in [-0.3, -0.25) is 9.48 Å². The van der Waals surface area contributed by atoms with Crippen molar-refractivity contribution in [2.75, 3.05) is 25.0 Å². The Labute approximate surface area is 149 Å². The molecule has 1 fully saturated rings. The summed E-state index contributed by atoms with van der Waals surface area (Å²) in [6.07, 6.45) is 5.98. The van der Waals surface area contributed by atoms with Gasteiger partial charge in [-0.25, -0.2) is 4.79 Å². The van der Waals surface area contributed by atoms with Crippen molar-refractivity contribution in [3.8, 4) is 0 Å². The van der Waals surface area contributed by atoms with Gasteiger partial charge in [0.25, 0.3) is 0 Å². The van der Waals surface area contributed by atoms with Crippen molar-refractivity contribution >= 4 is 17.6 Å². The second-order valence-electron chi connectivity index (χ2n) is 7.27. The molecular formula is C18H30N4O3. The third-order valence-electron chi connectivity index (χ3n) is 4.91. The first-order chi connectivity index (χ1) is 11.8. The van der Waals surface area contributed by atoms with Crippen molar-refractivity contribution in [1.29, 1.82) is 0 Å². The van der Waals surface area contributed by atoms with E-state index in [-0.39, 0.29) is 11.9 Å². The first-order valence-electron chi connectivity index (χ1n) is 9.07. The fourth-order valence-electron chi connectivity index (χ4n) is 3.18. The molecule has 0 radical (unpaired) electrons. The molecule has 25 heavy (non-hydrogen) atoms. The maximum absolute atomic E-state index is 12.3. The van der Waals surface area contributed by atoms with Gasteiger partial charge in [-0.2, -0.15) is 5.10 Å². The number of piperidine rings is 1. The molecule has 1 amide bonds. The molecule has 0 aromatic carbocycles. The number of carbonyl (C=O) groups excluding carboxylic acids is 2. The van der Waals surface area contributed by atoms with Gasteiger partial charge in [0.1, 0.15) is 0 Å². The smallest absolute Gasteiger partial charge is 0.333 e. The summed E-state index contributed by atoms with van der Waals surface area (Å²) in [4.78, 5) is 24.3. The number of nitrogens with zero attached hydrogens (tertiary/aromatic N) is 2. The number of aromatic nitrogens is 2. The van der Waals surface area contributed by atoms with E-state index >= 15 is 0 Å². The molecular weight excluding hydrogens is 320 g/mol. The fraction of sp³-hybridized carbons (Fsp3) is 0.722. The summed E-state index contributed by atoms with van der Waals surface area (Å²) >= 11 is 0. The molecule has 140 valence electrons. The zero-order valence-electron chi connectivity index (χ0n) is 15.7. The summed E-state index contributed by atoms with van der Waals surface area (Å²) in [5.41, 5.74) is -0.318. The van der Waals surface area contributed by atoms with Crippen LogP contribution in [0.15, 0.2) is 12.4 Å². The summed E-state index contributed by atoms with van der Waals surface area (Å²) in [5.74, 6) is 0.584. The van der Waals surface area contributed by atoms with Gasteiger partial charge in [-0.05, 0) is 58.5 Å². The van der Waals surface area contributed by atoms with E-state index < -0.39 is 5.54 Å². The Hall–Kier alpha value is -1.89. The van der Waals surface area contributed by atoms with Crippen LogP contribution in [0.1, 0.15) is 47.0 Å². The molecule has 0 bridgehead atoms. The highest BCUT2D eigenvalue weighted by molar-refractivity contribution is 5.90. The Bertz CT molecular complexity index is 591. The first kappa shape index (κ1) is 19.4. The van der Waals surface area contributed by atoms with Crippen LogP contribution < -0.4 is 10.6 Å². The predicted octanol–water partition coefficient (Wildman–Crippen LogP) is 2.15. The minimum Gasteiger partial charge on any atom is -0.464 e. The van der Waals surface area contributed by atoms with Crippen molar-refractivity contribution < 1.29 is 14.3 Å². The Balaban J connectivity index is 1.91. The maximum atomic E-state index is 12.3. The highest BCUT2D eigenvalue weighted by Crippen LogP contribution is 2.25. The van der Waals surface area contributed by atoms with Crippen LogP contribution in [-0.4, -0.2) is 41.4 Å². The summed E-state index contributed by atoms with van der Waals surface area (Å²) < 4.78 is 6.60. The maximum Gasteiger partial charge on any atom is 0.333 e. The molecule has 1 atom stereocenters. The van der Waals surface area contributed by atoms with Gasteiger partial charge >= 0.3 is 5.97 Å². The molecule has 7 nitrogen and oxygen atoms in total. The van der Waals surface area contributed by atoms with Crippen LogP contribution in [0, 0.1) is 11.8 Å². The number of ether oxygens (including phenoxy) is 1. The lowest BCUT2D eigenvalue weighted by atomic mass is 9.84. The van der Waals surface area contributed by atoms with Crippen molar-refractivity contribution in [1.82, 2.24) is 15.1 Å². The Morgan fingerprint density at radius 2 is 2.12 bits per heavy atom. The number of rotatable bonds is 7. The van der Waals surface area contributed by atoms with Crippen LogP contribution in [0.4, 0.5) is 5.69 Å². The van der Waals surface area contributed by atoms with Crippen molar-refractivity contribution in [2.45, 2.75) is 52.5 Å². The standard InChI is InChI=1S/C18H30N4O3/c1-5-25-17(24)18(3,4)22-12-15(11-20-22)21-16(23)10-13(2)14-6-8-19-9-7-14/h11-14,19H,5-10H2,1-4H3,(H,21,23). The molecule has 1 aliphatic rings. The number of hydrogen-bond donors (Lipinski definition) is 2. The number of esters is 1. The van der Waals surface area contributed by atoms with E-state index in [1.165, 1.54) is 4.68 Å². The SMILES string of the molecule is CCOC(=O)C(C)(C)n1cc(NC(=O)CC(C)C2CCNCC2)cn1. The second-order valence-corrected chi connectivity index (χ2v) is 7.27. The number of amides is 1. The average Bonchev–Trinajstić information content (AvgIpc) is 3.05. The molecule has 1 unspecified atom stereocenters. The highest BCUT2D eigenvalue weighted by atomic mass is 16.5. The molecule has 1 aromatic rings. The largest absolute Gasteiger partial charge is 0.464 e. The average molecular weight is 350 g/mol. The third kappa shape index (κ3) is 5.04. The zero-order valence-corrected chi connectivity index (χ0v) is 15.7. The molecule has 2 rings (SSSR count). The lowest BCUT2D eigenvalue weighted by Gasteiger charge is -2.27. The van der Waals surface area contributed by atoms with Gasteiger partial charge in [-0.1, -0.05) is 6.92 Å². The van der Waals surface area contributed by atoms with Crippen molar-refractivity contribution in [2.24, 2.45) is 11.8 Å². The van der Waals surface area contributed by atoms with Crippen LogP contribution in [0.2, 0.25) is 0 Å². The van der Waals surface area contributed by atoms with Crippen LogP contribution >= 0.6 is 0 Å². The van der Waals surface area contributed by atoms with E-state index in [0.29, 0.717) is 30.6 Å². The fourth-order valence-corrected chi connectivity index (χ4v) is 3.18. The summed E-state index contributed by atoms with van der Waals surface area (Å²) in [7, 11) is 0. The van der Waals surface area contributed by atoms with Crippen LogP contribution in [0.3, 0.4) is 0 Å². The van der Waals surface area contributed by atoms with E-state index in [1.807, 2.05) is 0 Å². The van der Waals surface area contributed by atoms with E-state index in [0.717, 1.165) is 25.9 Å². The quantitative estimate of drug-likeness (QED) is 0.736. The van der Waals surface area contributed by atoms with E-state index in [9.17, 15) is 9.59 Å². The number of hydrogen-bond acceptors (Lipinski definition) is 5.